The molecule has 4 heterocycles. The van der Waals surface area contributed by atoms with E-state index in [4.69, 9.17) is 13.6 Å². The van der Waals surface area contributed by atoms with Gasteiger partial charge in [0.1, 0.15) is 5.76 Å². The van der Waals surface area contributed by atoms with Crippen LogP contribution in [0.25, 0.3) is 0 Å². The van der Waals surface area contributed by atoms with Crippen molar-refractivity contribution in [1.82, 2.24) is 15.1 Å². The van der Waals surface area contributed by atoms with E-state index in [1.807, 2.05) is 17.9 Å². The van der Waals surface area contributed by atoms with Crippen molar-refractivity contribution in [3.05, 3.63) is 35.4 Å². The third-order valence-electron chi connectivity index (χ3n) is 5.67. The molecule has 1 amide bonds. The number of hydrogen-bond donors (Lipinski definition) is 0. The van der Waals surface area contributed by atoms with Crippen LogP contribution in [0, 0.1) is 18.3 Å². The number of carbonyl (C=O) groups excluding carboxylic acids is 1. The number of aryl methyl sites for hydroxylation is 1. The van der Waals surface area contributed by atoms with Gasteiger partial charge in [-0.15, -0.1) is 10.2 Å². The van der Waals surface area contributed by atoms with Crippen LogP contribution in [0.5, 0.6) is 0 Å². The van der Waals surface area contributed by atoms with Crippen LogP contribution in [0.2, 0.25) is 0 Å². The standard InChI is InChI=1S/C18H21N3O4/c1-11-2-5-14(24-11)17(22)21-7-13-8-23-10-18(13,9-21)6-15-19-20-16(25-15)12-3-4-12/h2,5,12-13H,3-4,6-10H2,1H3/t13-,18-/m1/s1. The molecule has 2 aromatic heterocycles. The van der Waals surface area contributed by atoms with E-state index in [-0.39, 0.29) is 11.3 Å². The van der Waals surface area contributed by atoms with Gasteiger partial charge in [-0.05, 0) is 31.9 Å². The van der Waals surface area contributed by atoms with Gasteiger partial charge in [-0.2, -0.15) is 0 Å². The number of hydrogen-bond acceptors (Lipinski definition) is 6. The second-order valence-electron chi connectivity index (χ2n) is 7.66. The van der Waals surface area contributed by atoms with Gasteiger partial charge in [-0.1, -0.05) is 0 Å². The van der Waals surface area contributed by atoms with Crippen molar-refractivity contribution in [3.8, 4) is 0 Å². The molecule has 5 rings (SSSR count). The molecule has 0 spiro atoms. The van der Waals surface area contributed by atoms with E-state index in [0.717, 1.165) is 24.5 Å². The molecule has 0 radical (unpaired) electrons. The zero-order chi connectivity index (χ0) is 17.0. The molecule has 0 unspecified atom stereocenters. The van der Waals surface area contributed by atoms with Crippen molar-refractivity contribution in [1.29, 1.82) is 0 Å². The van der Waals surface area contributed by atoms with E-state index < -0.39 is 0 Å². The second kappa shape index (κ2) is 5.42. The van der Waals surface area contributed by atoms with Gasteiger partial charge in [0.2, 0.25) is 11.8 Å². The highest BCUT2D eigenvalue weighted by atomic mass is 16.5. The van der Waals surface area contributed by atoms with Crippen molar-refractivity contribution in [2.75, 3.05) is 26.3 Å². The normalized spacial score (nSPS) is 28.5. The summed E-state index contributed by atoms with van der Waals surface area (Å²) in [6.07, 6.45) is 2.95. The first-order chi connectivity index (χ1) is 12.1. The Bertz CT molecular complexity index is 809. The molecule has 7 nitrogen and oxygen atoms in total. The minimum absolute atomic E-state index is 0.0499. The zero-order valence-electron chi connectivity index (χ0n) is 14.2. The number of nitrogens with zero attached hydrogens (tertiary/aromatic N) is 3. The third kappa shape index (κ3) is 2.57. The summed E-state index contributed by atoms with van der Waals surface area (Å²) >= 11 is 0. The Balaban J connectivity index is 1.35. The molecule has 2 atom stereocenters. The Kier molecular flexibility index (Phi) is 3.28. The summed E-state index contributed by atoms with van der Waals surface area (Å²) in [5, 5.41) is 8.42. The molecule has 25 heavy (non-hydrogen) atoms. The maximum Gasteiger partial charge on any atom is 0.289 e. The highest BCUT2D eigenvalue weighted by Crippen LogP contribution is 2.45. The SMILES string of the molecule is Cc1ccc(C(=O)N2C[C@@H]3COC[C@@]3(Cc3nnc(C4CC4)o3)C2)o1. The Hall–Kier alpha value is -2.15. The van der Waals surface area contributed by atoms with Crippen LogP contribution in [-0.2, 0) is 11.2 Å². The fraction of sp³-hybridized carbons (Fsp3) is 0.611. The van der Waals surface area contributed by atoms with Crippen molar-refractivity contribution in [2.45, 2.75) is 32.1 Å². The third-order valence-corrected chi connectivity index (χ3v) is 5.67. The number of furan rings is 1. The van der Waals surface area contributed by atoms with E-state index in [1.165, 1.54) is 0 Å². The van der Waals surface area contributed by atoms with E-state index >= 15 is 0 Å². The topological polar surface area (TPSA) is 81.6 Å². The van der Waals surface area contributed by atoms with Gasteiger partial charge in [-0.3, -0.25) is 4.79 Å². The number of rotatable bonds is 4. The highest BCUT2D eigenvalue weighted by molar-refractivity contribution is 5.91. The fourth-order valence-corrected chi connectivity index (χ4v) is 4.08. The maximum absolute atomic E-state index is 12.7. The summed E-state index contributed by atoms with van der Waals surface area (Å²) in [5.74, 6) is 3.29. The van der Waals surface area contributed by atoms with Crippen LogP contribution in [0.1, 0.15) is 46.9 Å². The first-order valence-corrected chi connectivity index (χ1v) is 8.89. The number of aromatic nitrogens is 2. The summed E-state index contributed by atoms with van der Waals surface area (Å²) in [7, 11) is 0. The number of carbonyl (C=O) groups is 1. The minimum Gasteiger partial charge on any atom is -0.456 e. The number of likely N-dealkylation sites (tertiary alicyclic amines) is 1. The van der Waals surface area contributed by atoms with Crippen molar-refractivity contribution in [2.24, 2.45) is 11.3 Å². The van der Waals surface area contributed by atoms with Gasteiger partial charge in [0.05, 0.1) is 13.2 Å². The Labute approximate surface area is 145 Å². The van der Waals surface area contributed by atoms with Gasteiger partial charge in [0.15, 0.2) is 5.76 Å². The van der Waals surface area contributed by atoms with Gasteiger partial charge < -0.3 is 18.5 Å². The predicted molar refractivity (Wildman–Crippen MR) is 86.1 cm³/mol. The smallest absolute Gasteiger partial charge is 0.289 e. The molecule has 2 saturated heterocycles. The lowest BCUT2D eigenvalue weighted by atomic mass is 9.78. The van der Waals surface area contributed by atoms with E-state index in [2.05, 4.69) is 10.2 Å². The molecule has 0 aromatic carbocycles. The molecule has 0 N–H and O–H groups in total. The lowest BCUT2D eigenvalue weighted by Crippen LogP contribution is -2.35. The van der Waals surface area contributed by atoms with E-state index in [9.17, 15) is 4.79 Å². The van der Waals surface area contributed by atoms with Gasteiger partial charge >= 0.3 is 0 Å². The highest BCUT2D eigenvalue weighted by Gasteiger charge is 2.53. The number of ether oxygens (including phenoxy) is 1. The van der Waals surface area contributed by atoms with Crippen molar-refractivity contribution in [3.63, 3.8) is 0 Å². The maximum atomic E-state index is 12.7. The van der Waals surface area contributed by atoms with Crippen molar-refractivity contribution >= 4 is 5.91 Å². The molecule has 1 saturated carbocycles. The van der Waals surface area contributed by atoms with Gasteiger partial charge in [-0.25, -0.2) is 0 Å². The first kappa shape index (κ1) is 15.1. The molecular weight excluding hydrogens is 322 g/mol. The quantitative estimate of drug-likeness (QED) is 0.846. The Morgan fingerprint density at radius 3 is 2.96 bits per heavy atom. The molecule has 3 aliphatic rings. The monoisotopic (exact) mass is 343 g/mol. The van der Waals surface area contributed by atoms with Crippen LogP contribution in [0.15, 0.2) is 21.0 Å². The van der Waals surface area contributed by atoms with Gasteiger partial charge in [0, 0.05) is 36.8 Å². The summed E-state index contributed by atoms with van der Waals surface area (Å²) in [6.45, 7) is 4.46. The van der Waals surface area contributed by atoms with Crippen LogP contribution in [-0.4, -0.2) is 47.3 Å². The largest absolute Gasteiger partial charge is 0.456 e. The lowest BCUT2D eigenvalue weighted by molar-refractivity contribution is 0.0683. The van der Waals surface area contributed by atoms with E-state index in [1.54, 1.807) is 6.07 Å². The Morgan fingerprint density at radius 2 is 2.20 bits per heavy atom. The zero-order valence-corrected chi connectivity index (χ0v) is 14.2. The summed E-state index contributed by atoms with van der Waals surface area (Å²) in [5.41, 5.74) is -0.134. The predicted octanol–water partition coefficient (Wildman–Crippen LogP) is 2.18. The Morgan fingerprint density at radius 1 is 1.32 bits per heavy atom. The molecule has 2 aliphatic heterocycles. The van der Waals surface area contributed by atoms with Crippen LogP contribution < -0.4 is 0 Å². The summed E-state index contributed by atoms with van der Waals surface area (Å²) in [6, 6.07) is 3.57. The summed E-state index contributed by atoms with van der Waals surface area (Å²) < 4.78 is 17.1. The second-order valence-corrected chi connectivity index (χ2v) is 7.66. The first-order valence-electron chi connectivity index (χ1n) is 8.89. The van der Waals surface area contributed by atoms with Crippen LogP contribution in [0.3, 0.4) is 0 Å². The fourth-order valence-electron chi connectivity index (χ4n) is 4.08. The molecule has 132 valence electrons. The van der Waals surface area contributed by atoms with Gasteiger partial charge in [0.25, 0.3) is 5.91 Å². The van der Waals surface area contributed by atoms with Crippen molar-refractivity contribution < 1.29 is 18.4 Å². The summed E-state index contributed by atoms with van der Waals surface area (Å²) in [4.78, 5) is 14.6. The molecule has 0 bridgehead atoms. The van der Waals surface area contributed by atoms with Crippen LogP contribution in [0.4, 0.5) is 0 Å². The number of fused-ring (bicyclic) bond motifs is 1. The molecule has 7 heteroatoms. The average molecular weight is 343 g/mol. The lowest BCUT2D eigenvalue weighted by Gasteiger charge is -2.25. The molecule has 1 aliphatic carbocycles. The minimum atomic E-state index is -0.134. The molecular formula is C18H21N3O4. The van der Waals surface area contributed by atoms with E-state index in [0.29, 0.717) is 56.2 Å². The molecule has 3 fully saturated rings. The average Bonchev–Trinajstić information content (AvgIpc) is 2.93. The molecule has 2 aromatic rings. The number of amides is 1. The van der Waals surface area contributed by atoms with Crippen LogP contribution >= 0.6 is 0 Å².